The second-order valence-corrected chi connectivity index (χ2v) is 7.08. The van der Waals surface area contributed by atoms with Crippen molar-refractivity contribution in [1.82, 2.24) is 15.0 Å². The van der Waals surface area contributed by atoms with Crippen LogP contribution in [0.2, 0.25) is 0 Å². The van der Waals surface area contributed by atoms with Gasteiger partial charge in [-0.25, -0.2) is 8.78 Å². The van der Waals surface area contributed by atoms with Crippen LogP contribution in [0.1, 0.15) is 46.4 Å². The van der Waals surface area contributed by atoms with Crippen molar-refractivity contribution >= 4 is 5.91 Å². The van der Waals surface area contributed by atoms with Gasteiger partial charge in [0.05, 0.1) is 5.56 Å². The van der Waals surface area contributed by atoms with Crippen LogP contribution in [0.25, 0.3) is 5.82 Å². The van der Waals surface area contributed by atoms with Gasteiger partial charge in [0, 0.05) is 23.5 Å². The Balaban J connectivity index is 1.66. The highest BCUT2D eigenvalue weighted by molar-refractivity contribution is 5.96. The molecular weight excluding hydrogens is 364 g/mol. The van der Waals surface area contributed by atoms with Crippen molar-refractivity contribution in [3.05, 3.63) is 70.2 Å². The maximum absolute atomic E-state index is 13.3. The van der Waals surface area contributed by atoms with Gasteiger partial charge >= 0.3 is 0 Å². The summed E-state index contributed by atoms with van der Waals surface area (Å²) in [6.07, 6.45) is 1.15. The molecule has 0 aliphatic rings. The van der Waals surface area contributed by atoms with Crippen molar-refractivity contribution in [3.8, 4) is 5.82 Å². The van der Waals surface area contributed by atoms with Crippen LogP contribution in [0, 0.1) is 32.4 Å². The maximum atomic E-state index is 13.3. The van der Waals surface area contributed by atoms with E-state index in [1.807, 2.05) is 44.4 Å². The summed E-state index contributed by atoms with van der Waals surface area (Å²) in [5.74, 6) is -0.567. The number of carbonyl (C=O) groups is 1. The molecule has 0 spiro atoms. The first kappa shape index (κ1) is 19.8. The summed E-state index contributed by atoms with van der Waals surface area (Å²) < 4.78 is 33.3. The number of nitrogens with one attached hydrogen (secondary N) is 1. The lowest BCUT2D eigenvalue weighted by atomic mass is 10.1. The van der Waals surface area contributed by atoms with E-state index in [9.17, 15) is 13.6 Å². The Hall–Kier alpha value is -2.96. The summed E-state index contributed by atoms with van der Waals surface area (Å²) in [6.45, 7) is 7.46. The molecule has 0 bridgehead atoms. The molecule has 5 nitrogen and oxygen atoms in total. The minimum Gasteiger partial charge on any atom is -0.360 e. The second kappa shape index (κ2) is 7.96. The van der Waals surface area contributed by atoms with E-state index in [2.05, 4.69) is 10.5 Å². The monoisotopic (exact) mass is 387 g/mol. The Bertz CT molecular complexity index is 1010. The Morgan fingerprint density at radius 1 is 1.18 bits per heavy atom. The third kappa shape index (κ3) is 4.13. The maximum Gasteiger partial charge on any atom is 0.253 e. The van der Waals surface area contributed by atoms with Gasteiger partial charge in [-0.1, -0.05) is 11.2 Å². The van der Waals surface area contributed by atoms with Gasteiger partial charge in [-0.3, -0.25) is 9.36 Å². The van der Waals surface area contributed by atoms with E-state index in [1.165, 1.54) is 6.07 Å². The molecule has 2 heterocycles. The fraction of sp³-hybridized carbons (Fsp3) is 0.333. The van der Waals surface area contributed by atoms with Crippen LogP contribution in [-0.2, 0) is 6.42 Å². The van der Waals surface area contributed by atoms with E-state index < -0.39 is 11.6 Å². The van der Waals surface area contributed by atoms with E-state index in [0.29, 0.717) is 35.5 Å². The lowest BCUT2D eigenvalue weighted by Gasteiger charge is -2.14. The number of nitrogens with zero attached hydrogens (tertiary/aromatic N) is 2. The molecule has 148 valence electrons. The summed E-state index contributed by atoms with van der Waals surface area (Å²) in [5.41, 5.74) is 2.92. The highest BCUT2D eigenvalue weighted by atomic mass is 19.2. The summed E-state index contributed by atoms with van der Waals surface area (Å²) in [7, 11) is 0. The molecule has 3 aromatic rings. The van der Waals surface area contributed by atoms with Crippen LogP contribution in [0.5, 0.6) is 0 Å². The van der Waals surface area contributed by atoms with E-state index in [0.717, 1.165) is 17.5 Å². The first-order chi connectivity index (χ1) is 13.3. The van der Waals surface area contributed by atoms with Gasteiger partial charge in [0.25, 0.3) is 5.91 Å². The molecule has 0 aliphatic carbocycles. The van der Waals surface area contributed by atoms with Crippen molar-refractivity contribution in [1.29, 1.82) is 0 Å². The van der Waals surface area contributed by atoms with Crippen LogP contribution in [0.4, 0.5) is 8.78 Å². The van der Waals surface area contributed by atoms with Gasteiger partial charge in [-0.15, -0.1) is 0 Å². The fourth-order valence-corrected chi connectivity index (χ4v) is 3.26. The average molecular weight is 387 g/mol. The SMILES string of the molecule is Cc1cc(-n2c(C)cc(C(=O)NC(C)CCc3ccc(F)c(F)c3)c2C)no1. The van der Waals surface area contributed by atoms with Gasteiger partial charge in [0.2, 0.25) is 0 Å². The fourth-order valence-electron chi connectivity index (χ4n) is 3.26. The third-order valence-electron chi connectivity index (χ3n) is 4.75. The number of amides is 1. The molecule has 1 N–H and O–H groups in total. The van der Waals surface area contributed by atoms with Crippen LogP contribution >= 0.6 is 0 Å². The van der Waals surface area contributed by atoms with E-state index in [-0.39, 0.29) is 11.9 Å². The highest BCUT2D eigenvalue weighted by Gasteiger charge is 2.19. The van der Waals surface area contributed by atoms with Gasteiger partial charge in [0.1, 0.15) is 5.76 Å². The molecule has 7 heteroatoms. The first-order valence-electron chi connectivity index (χ1n) is 9.13. The van der Waals surface area contributed by atoms with Crippen molar-refractivity contribution in [2.45, 2.75) is 46.6 Å². The largest absolute Gasteiger partial charge is 0.360 e. The smallest absolute Gasteiger partial charge is 0.253 e. The summed E-state index contributed by atoms with van der Waals surface area (Å²) in [4.78, 5) is 12.7. The molecule has 0 saturated carbocycles. The van der Waals surface area contributed by atoms with Crippen LogP contribution < -0.4 is 5.32 Å². The summed E-state index contributed by atoms with van der Waals surface area (Å²) >= 11 is 0. The Morgan fingerprint density at radius 2 is 1.93 bits per heavy atom. The molecule has 3 rings (SSSR count). The highest BCUT2D eigenvalue weighted by Crippen LogP contribution is 2.21. The molecule has 1 amide bonds. The molecule has 2 aromatic heterocycles. The van der Waals surface area contributed by atoms with Gasteiger partial charge in [-0.05, 0) is 64.3 Å². The van der Waals surface area contributed by atoms with Crippen molar-refractivity contribution < 1.29 is 18.1 Å². The van der Waals surface area contributed by atoms with E-state index in [4.69, 9.17) is 4.52 Å². The Kier molecular flexibility index (Phi) is 5.63. The molecule has 1 aromatic carbocycles. The summed E-state index contributed by atoms with van der Waals surface area (Å²) in [5, 5.41) is 6.98. The molecule has 28 heavy (non-hydrogen) atoms. The zero-order chi connectivity index (χ0) is 20.4. The number of aromatic nitrogens is 2. The molecule has 0 saturated heterocycles. The number of hydrogen-bond donors (Lipinski definition) is 1. The number of carbonyl (C=O) groups excluding carboxylic acids is 1. The number of rotatable bonds is 6. The van der Waals surface area contributed by atoms with Crippen LogP contribution in [0.3, 0.4) is 0 Å². The van der Waals surface area contributed by atoms with E-state index in [1.54, 1.807) is 6.07 Å². The van der Waals surface area contributed by atoms with Crippen molar-refractivity contribution in [2.24, 2.45) is 0 Å². The zero-order valence-corrected chi connectivity index (χ0v) is 16.3. The minimum atomic E-state index is -0.859. The lowest BCUT2D eigenvalue weighted by Crippen LogP contribution is -2.33. The predicted octanol–water partition coefficient (Wildman–Crippen LogP) is 4.42. The van der Waals surface area contributed by atoms with Crippen LogP contribution in [0.15, 0.2) is 34.9 Å². The third-order valence-corrected chi connectivity index (χ3v) is 4.75. The Morgan fingerprint density at radius 3 is 2.57 bits per heavy atom. The number of hydrogen-bond acceptors (Lipinski definition) is 3. The topological polar surface area (TPSA) is 60.1 Å². The molecular formula is C21H23F2N3O2. The van der Waals surface area contributed by atoms with Gasteiger partial charge < -0.3 is 9.84 Å². The van der Waals surface area contributed by atoms with Gasteiger partial charge in [-0.2, -0.15) is 0 Å². The second-order valence-electron chi connectivity index (χ2n) is 7.08. The molecule has 1 atom stereocenters. The minimum absolute atomic E-state index is 0.127. The Labute approximate surface area is 162 Å². The van der Waals surface area contributed by atoms with E-state index >= 15 is 0 Å². The van der Waals surface area contributed by atoms with Crippen LogP contribution in [-0.4, -0.2) is 21.7 Å². The lowest BCUT2D eigenvalue weighted by molar-refractivity contribution is 0.0938. The predicted molar refractivity (Wildman–Crippen MR) is 102 cm³/mol. The number of aryl methyl sites for hydroxylation is 3. The molecule has 0 aliphatic heterocycles. The number of benzene rings is 1. The van der Waals surface area contributed by atoms with Crippen molar-refractivity contribution in [2.75, 3.05) is 0 Å². The molecule has 1 unspecified atom stereocenters. The summed E-state index contributed by atoms with van der Waals surface area (Å²) in [6, 6.07) is 7.37. The average Bonchev–Trinajstić information content (AvgIpc) is 3.18. The van der Waals surface area contributed by atoms with Crippen molar-refractivity contribution in [3.63, 3.8) is 0 Å². The first-order valence-corrected chi connectivity index (χ1v) is 9.13. The standard InChI is InChI=1S/C21H23F2N3O2/c1-12(5-6-16-7-8-18(22)19(23)11-16)24-21(27)17-9-13(2)26(15(17)4)20-10-14(3)28-25-20/h7-12H,5-6H2,1-4H3,(H,24,27). The molecule has 0 fully saturated rings. The van der Waals surface area contributed by atoms with Gasteiger partial charge in [0.15, 0.2) is 17.5 Å². The zero-order valence-electron chi connectivity index (χ0n) is 16.3. The normalized spacial score (nSPS) is 12.2. The number of halogens is 2. The molecule has 0 radical (unpaired) electrons. The quantitative estimate of drug-likeness (QED) is 0.681.